The third-order valence-corrected chi connectivity index (χ3v) is 4.05. The van der Waals surface area contributed by atoms with Gasteiger partial charge in [-0.1, -0.05) is 12.1 Å². The van der Waals surface area contributed by atoms with Gasteiger partial charge >= 0.3 is 11.8 Å². The van der Waals surface area contributed by atoms with Gasteiger partial charge in [0.05, 0.1) is 0 Å². The number of piperazine rings is 1. The number of benzene rings is 1. The van der Waals surface area contributed by atoms with Crippen molar-refractivity contribution in [3.63, 3.8) is 0 Å². The van der Waals surface area contributed by atoms with Crippen LogP contribution in [0.5, 0.6) is 0 Å². The molecule has 0 aliphatic carbocycles. The van der Waals surface area contributed by atoms with Crippen LogP contribution in [0.25, 0.3) is 0 Å². The molecule has 0 aromatic heterocycles. The number of anilines is 1. The van der Waals surface area contributed by atoms with Crippen molar-refractivity contribution in [2.24, 2.45) is 0 Å². The van der Waals surface area contributed by atoms with Gasteiger partial charge in [0.25, 0.3) is 0 Å². The zero-order chi connectivity index (χ0) is 16.7. The van der Waals surface area contributed by atoms with Gasteiger partial charge in [0.2, 0.25) is 0 Å². The lowest BCUT2D eigenvalue weighted by molar-refractivity contribution is -0.139. The van der Waals surface area contributed by atoms with Crippen molar-refractivity contribution >= 4 is 17.5 Å². The molecule has 1 aliphatic rings. The van der Waals surface area contributed by atoms with Crippen molar-refractivity contribution < 1.29 is 9.59 Å². The summed E-state index contributed by atoms with van der Waals surface area (Å²) < 4.78 is 0. The molecule has 2 rings (SSSR count). The van der Waals surface area contributed by atoms with Crippen molar-refractivity contribution in [2.45, 2.75) is 13.3 Å². The van der Waals surface area contributed by atoms with Gasteiger partial charge in [0.15, 0.2) is 0 Å². The fourth-order valence-electron chi connectivity index (χ4n) is 2.58. The number of hydrogen-bond acceptors (Lipinski definition) is 4. The molecule has 0 atom stereocenters. The predicted molar refractivity (Wildman–Crippen MR) is 91.5 cm³/mol. The molecule has 1 saturated heterocycles. The van der Waals surface area contributed by atoms with Gasteiger partial charge < -0.3 is 20.4 Å². The Morgan fingerprint density at radius 2 is 1.61 bits per heavy atom. The van der Waals surface area contributed by atoms with Crippen molar-refractivity contribution in [3.8, 4) is 0 Å². The van der Waals surface area contributed by atoms with Crippen LogP contribution in [-0.4, -0.2) is 63.0 Å². The summed E-state index contributed by atoms with van der Waals surface area (Å²) in [4.78, 5) is 27.5. The molecule has 1 heterocycles. The molecule has 0 spiro atoms. The van der Waals surface area contributed by atoms with E-state index in [9.17, 15) is 9.59 Å². The molecule has 2 amide bonds. The molecule has 6 heteroatoms. The van der Waals surface area contributed by atoms with Crippen LogP contribution in [0.2, 0.25) is 0 Å². The van der Waals surface area contributed by atoms with Gasteiger partial charge in [0, 0.05) is 45.0 Å². The molecule has 6 nitrogen and oxygen atoms in total. The van der Waals surface area contributed by atoms with E-state index in [1.807, 2.05) is 0 Å². The summed E-state index contributed by atoms with van der Waals surface area (Å²) in [5, 5.41) is 5.11. The minimum absolute atomic E-state index is 0.458. The topological polar surface area (TPSA) is 64.7 Å². The second-order valence-corrected chi connectivity index (χ2v) is 5.82. The standard InChI is InChI=1S/C17H26N4O2/c1-3-18-16(22)17(23)19-9-8-14-4-6-15(7-5-14)21-12-10-20(2)11-13-21/h4-7H,3,8-13H2,1-2H3,(H,18,22)(H,19,23). The summed E-state index contributed by atoms with van der Waals surface area (Å²) in [6.07, 6.45) is 0.716. The Balaban J connectivity index is 1.77. The Morgan fingerprint density at radius 3 is 2.22 bits per heavy atom. The quantitative estimate of drug-likeness (QED) is 0.763. The van der Waals surface area contributed by atoms with Crippen LogP contribution in [0.1, 0.15) is 12.5 Å². The van der Waals surface area contributed by atoms with Gasteiger partial charge in [-0.3, -0.25) is 9.59 Å². The molecule has 0 unspecified atom stereocenters. The molecule has 1 aromatic rings. The van der Waals surface area contributed by atoms with E-state index in [0.717, 1.165) is 31.7 Å². The maximum Gasteiger partial charge on any atom is 0.309 e. The van der Waals surface area contributed by atoms with Crippen LogP contribution in [0.3, 0.4) is 0 Å². The molecule has 126 valence electrons. The molecule has 1 aromatic carbocycles. The van der Waals surface area contributed by atoms with Gasteiger partial charge in [-0.25, -0.2) is 0 Å². The molecule has 0 saturated carbocycles. The van der Waals surface area contributed by atoms with Crippen molar-refractivity contribution in [1.29, 1.82) is 0 Å². The molecule has 0 radical (unpaired) electrons. The average Bonchev–Trinajstić information content (AvgIpc) is 2.56. The summed E-state index contributed by atoms with van der Waals surface area (Å²) >= 11 is 0. The van der Waals surface area contributed by atoms with E-state index in [-0.39, 0.29) is 0 Å². The normalized spacial score (nSPS) is 15.3. The van der Waals surface area contributed by atoms with Gasteiger partial charge in [0.1, 0.15) is 0 Å². The summed E-state index contributed by atoms with van der Waals surface area (Å²) in [6.45, 7) is 7.00. The average molecular weight is 318 g/mol. The number of amides is 2. The minimum atomic E-state index is -0.571. The second-order valence-electron chi connectivity index (χ2n) is 5.82. The van der Waals surface area contributed by atoms with E-state index < -0.39 is 11.8 Å². The van der Waals surface area contributed by atoms with Gasteiger partial charge in [-0.15, -0.1) is 0 Å². The van der Waals surface area contributed by atoms with Crippen LogP contribution in [-0.2, 0) is 16.0 Å². The van der Waals surface area contributed by atoms with Crippen molar-refractivity contribution in [2.75, 3.05) is 51.2 Å². The number of hydrogen-bond donors (Lipinski definition) is 2. The SMILES string of the molecule is CCNC(=O)C(=O)NCCc1ccc(N2CCN(C)CC2)cc1. The molecule has 0 bridgehead atoms. The molecule has 23 heavy (non-hydrogen) atoms. The third-order valence-electron chi connectivity index (χ3n) is 4.05. The number of rotatable bonds is 5. The first-order chi connectivity index (χ1) is 11.1. The largest absolute Gasteiger partial charge is 0.369 e. The van der Waals surface area contributed by atoms with E-state index in [4.69, 9.17) is 0 Å². The second kappa shape index (κ2) is 8.53. The first-order valence-corrected chi connectivity index (χ1v) is 8.18. The summed E-state index contributed by atoms with van der Waals surface area (Å²) in [6, 6.07) is 8.44. The fraction of sp³-hybridized carbons (Fsp3) is 0.529. The molecular formula is C17H26N4O2. The number of carbonyl (C=O) groups excluding carboxylic acids is 2. The molecule has 2 N–H and O–H groups in total. The highest BCUT2D eigenvalue weighted by Gasteiger charge is 2.14. The molecule has 1 fully saturated rings. The number of nitrogens with one attached hydrogen (secondary N) is 2. The first-order valence-electron chi connectivity index (χ1n) is 8.18. The van der Waals surface area contributed by atoms with E-state index in [1.54, 1.807) is 6.92 Å². The highest BCUT2D eigenvalue weighted by Crippen LogP contribution is 2.17. The van der Waals surface area contributed by atoms with E-state index in [2.05, 4.69) is 51.7 Å². The third kappa shape index (κ3) is 5.25. The lowest BCUT2D eigenvalue weighted by atomic mass is 10.1. The highest BCUT2D eigenvalue weighted by atomic mass is 16.2. The predicted octanol–water partition coefficient (Wildman–Crippen LogP) is 0.233. The number of nitrogens with zero attached hydrogens (tertiary/aromatic N) is 2. The van der Waals surface area contributed by atoms with Gasteiger partial charge in [-0.2, -0.15) is 0 Å². The van der Waals surface area contributed by atoms with Crippen LogP contribution >= 0.6 is 0 Å². The van der Waals surface area contributed by atoms with E-state index in [0.29, 0.717) is 19.5 Å². The Kier molecular flexibility index (Phi) is 6.40. The van der Waals surface area contributed by atoms with Crippen LogP contribution in [0, 0.1) is 0 Å². The van der Waals surface area contributed by atoms with Crippen LogP contribution in [0.15, 0.2) is 24.3 Å². The zero-order valence-electron chi connectivity index (χ0n) is 14.0. The Labute approximate surface area is 137 Å². The summed E-state index contributed by atoms with van der Waals surface area (Å²) in [7, 11) is 2.15. The highest BCUT2D eigenvalue weighted by molar-refractivity contribution is 6.35. The number of likely N-dealkylation sites (N-methyl/N-ethyl adjacent to an activating group) is 2. The monoisotopic (exact) mass is 318 g/mol. The van der Waals surface area contributed by atoms with Crippen molar-refractivity contribution in [1.82, 2.24) is 15.5 Å². The fourth-order valence-corrected chi connectivity index (χ4v) is 2.58. The summed E-state index contributed by atoms with van der Waals surface area (Å²) in [5.41, 5.74) is 2.40. The molecular weight excluding hydrogens is 292 g/mol. The van der Waals surface area contributed by atoms with Crippen molar-refractivity contribution in [3.05, 3.63) is 29.8 Å². The Hall–Kier alpha value is -2.08. The Morgan fingerprint density at radius 1 is 1.00 bits per heavy atom. The van der Waals surface area contributed by atoms with E-state index in [1.165, 1.54) is 5.69 Å². The van der Waals surface area contributed by atoms with Gasteiger partial charge in [-0.05, 0) is 38.1 Å². The number of carbonyl (C=O) groups is 2. The zero-order valence-corrected chi connectivity index (χ0v) is 14.0. The molecule has 1 aliphatic heterocycles. The maximum atomic E-state index is 11.5. The summed E-state index contributed by atoms with van der Waals surface area (Å²) in [5.74, 6) is -1.14. The first kappa shape index (κ1) is 17.3. The van der Waals surface area contributed by atoms with E-state index >= 15 is 0 Å². The Bertz CT molecular complexity index is 522. The smallest absolute Gasteiger partial charge is 0.309 e. The lowest BCUT2D eigenvalue weighted by Gasteiger charge is -2.34. The lowest BCUT2D eigenvalue weighted by Crippen LogP contribution is -2.44. The van der Waals surface area contributed by atoms with Crippen LogP contribution < -0.4 is 15.5 Å². The maximum absolute atomic E-state index is 11.5. The van der Waals surface area contributed by atoms with Crippen LogP contribution in [0.4, 0.5) is 5.69 Å². The minimum Gasteiger partial charge on any atom is -0.369 e.